The van der Waals surface area contributed by atoms with E-state index in [4.69, 9.17) is 4.74 Å². The van der Waals surface area contributed by atoms with Crippen molar-refractivity contribution in [1.82, 2.24) is 5.32 Å². The molecule has 3 unspecified atom stereocenters. The fourth-order valence-electron chi connectivity index (χ4n) is 9.08. The Morgan fingerprint density at radius 1 is 0.431 bits per heavy atom. The molecular weight excluding hydrogens is 803 g/mol. The van der Waals surface area contributed by atoms with Crippen molar-refractivity contribution in [2.24, 2.45) is 0 Å². The molecule has 0 saturated carbocycles. The number of nitrogens with one attached hydrogen (secondary N) is 1. The van der Waals surface area contributed by atoms with Gasteiger partial charge < -0.3 is 20.3 Å². The van der Waals surface area contributed by atoms with Crippen molar-refractivity contribution < 1.29 is 24.5 Å². The number of hydrogen-bond donors (Lipinski definition) is 3. The summed E-state index contributed by atoms with van der Waals surface area (Å²) >= 11 is 0. The Labute approximate surface area is 405 Å². The second kappa shape index (κ2) is 53.3. The summed E-state index contributed by atoms with van der Waals surface area (Å²) in [5.41, 5.74) is 0. The van der Waals surface area contributed by atoms with Crippen LogP contribution in [0.2, 0.25) is 0 Å². The molecule has 1 amide bonds. The van der Waals surface area contributed by atoms with Crippen molar-refractivity contribution in [1.29, 1.82) is 0 Å². The van der Waals surface area contributed by atoms with E-state index >= 15 is 0 Å². The monoisotopic (exact) mass is 916 g/mol. The quantitative estimate of drug-likeness (QED) is 0.0321. The van der Waals surface area contributed by atoms with Crippen molar-refractivity contribution in [2.45, 2.75) is 334 Å². The number of carbonyl (C=O) groups is 2. The summed E-state index contributed by atoms with van der Waals surface area (Å²) in [6.07, 6.45) is 62.5. The van der Waals surface area contributed by atoms with Gasteiger partial charge in [-0.15, -0.1) is 0 Å². The molecular formula is C59H113NO5. The normalized spacial score (nSPS) is 13.2. The maximum atomic E-state index is 13.2. The number of unbranched alkanes of at least 4 members (excludes halogenated alkanes) is 37. The minimum atomic E-state index is -0.791. The van der Waals surface area contributed by atoms with Crippen LogP contribution in [0.3, 0.4) is 0 Å². The fourth-order valence-corrected chi connectivity index (χ4v) is 9.08. The van der Waals surface area contributed by atoms with E-state index in [0.29, 0.717) is 19.3 Å². The van der Waals surface area contributed by atoms with Gasteiger partial charge in [-0.3, -0.25) is 9.59 Å². The van der Waals surface area contributed by atoms with E-state index in [9.17, 15) is 19.8 Å². The van der Waals surface area contributed by atoms with E-state index in [1.54, 1.807) is 0 Å². The van der Waals surface area contributed by atoms with Gasteiger partial charge in [-0.1, -0.05) is 257 Å². The van der Waals surface area contributed by atoms with Crippen molar-refractivity contribution in [3.63, 3.8) is 0 Å². The zero-order valence-electron chi connectivity index (χ0n) is 43.9. The first-order chi connectivity index (χ1) is 32.0. The molecule has 0 aliphatic carbocycles. The number of aliphatic hydroxyl groups is 2. The lowest BCUT2D eigenvalue weighted by Crippen LogP contribution is -2.46. The summed E-state index contributed by atoms with van der Waals surface area (Å²) in [5.74, 6) is -0.489. The molecule has 384 valence electrons. The molecule has 6 nitrogen and oxygen atoms in total. The van der Waals surface area contributed by atoms with Gasteiger partial charge in [-0.25, -0.2) is 0 Å². The minimum Gasteiger partial charge on any atom is -0.462 e. The molecule has 3 atom stereocenters. The van der Waals surface area contributed by atoms with Gasteiger partial charge in [-0.05, 0) is 70.6 Å². The van der Waals surface area contributed by atoms with Crippen LogP contribution in [0.4, 0.5) is 0 Å². The van der Waals surface area contributed by atoms with Crippen LogP contribution in [-0.4, -0.2) is 46.9 Å². The minimum absolute atomic E-state index is 0.0607. The van der Waals surface area contributed by atoms with Crippen LogP contribution in [0.25, 0.3) is 0 Å². The van der Waals surface area contributed by atoms with E-state index in [1.165, 1.54) is 218 Å². The van der Waals surface area contributed by atoms with Crippen LogP contribution < -0.4 is 5.32 Å². The molecule has 0 aliphatic rings. The number of ether oxygens (including phenoxy) is 1. The number of esters is 1. The molecule has 0 aromatic rings. The molecule has 0 radical (unpaired) electrons. The Morgan fingerprint density at radius 3 is 1.12 bits per heavy atom. The van der Waals surface area contributed by atoms with Gasteiger partial charge in [0.25, 0.3) is 0 Å². The number of carbonyl (C=O) groups excluding carboxylic acids is 2. The molecule has 0 heterocycles. The smallest absolute Gasteiger partial charge is 0.306 e. The highest BCUT2D eigenvalue weighted by atomic mass is 16.5. The molecule has 65 heavy (non-hydrogen) atoms. The zero-order chi connectivity index (χ0) is 47.4. The van der Waals surface area contributed by atoms with Crippen LogP contribution >= 0.6 is 0 Å². The highest BCUT2D eigenvalue weighted by molar-refractivity contribution is 5.77. The van der Waals surface area contributed by atoms with Gasteiger partial charge in [-0.2, -0.15) is 0 Å². The second-order valence-electron chi connectivity index (χ2n) is 20.0. The Morgan fingerprint density at radius 2 is 0.754 bits per heavy atom. The third-order valence-corrected chi connectivity index (χ3v) is 13.5. The summed E-state index contributed by atoms with van der Waals surface area (Å²) < 4.78 is 5.94. The van der Waals surface area contributed by atoms with Gasteiger partial charge in [0.05, 0.1) is 25.2 Å². The van der Waals surface area contributed by atoms with Crippen LogP contribution in [-0.2, 0) is 14.3 Å². The summed E-state index contributed by atoms with van der Waals surface area (Å²) in [4.78, 5) is 26.2. The average Bonchev–Trinajstić information content (AvgIpc) is 3.30. The molecule has 0 spiro atoms. The average molecular weight is 917 g/mol. The van der Waals surface area contributed by atoms with Crippen LogP contribution in [0.1, 0.15) is 316 Å². The molecule has 6 heteroatoms. The maximum Gasteiger partial charge on any atom is 0.306 e. The SMILES string of the molecule is CCCCCCCC/C=C/CCCCCCCCCCCC(=O)OC(CCC/C=C\CCCCCCCCC)CC(=O)NC(CO)C(O)CCCCCCCCCCCCCCCCC. The predicted octanol–water partition coefficient (Wildman–Crippen LogP) is 17.9. The summed E-state index contributed by atoms with van der Waals surface area (Å²) in [7, 11) is 0. The molecule has 0 aromatic heterocycles. The van der Waals surface area contributed by atoms with E-state index in [1.807, 2.05) is 0 Å². The van der Waals surface area contributed by atoms with Gasteiger partial charge >= 0.3 is 5.97 Å². The molecule has 0 rings (SSSR count). The molecule has 0 saturated heterocycles. The third-order valence-electron chi connectivity index (χ3n) is 13.5. The molecule has 0 bridgehead atoms. The van der Waals surface area contributed by atoms with Crippen molar-refractivity contribution in [2.75, 3.05) is 6.61 Å². The second-order valence-corrected chi connectivity index (χ2v) is 20.0. The van der Waals surface area contributed by atoms with Crippen LogP contribution in [0.5, 0.6) is 0 Å². The Balaban J connectivity index is 4.47. The Bertz CT molecular complexity index is 1030. The molecule has 0 aromatic carbocycles. The first-order valence-electron chi connectivity index (χ1n) is 29.1. The standard InChI is InChI=1S/C59H113NO5/c1-4-7-10-13-16-19-22-25-27-28-29-30-32-34-37-40-43-46-49-52-59(64)65-55(50-47-44-41-38-35-24-21-18-15-12-9-6-3)53-58(63)60-56(54-61)57(62)51-48-45-42-39-36-33-31-26-23-20-17-14-11-8-5-2/h25,27,38,41,55-57,61-62H,4-24,26,28-37,39-40,42-54H2,1-3H3,(H,60,63)/b27-25+,41-38-. The third kappa shape index (κ3) is 48.6. The fraction of sp³-hybridized carbons (Fsp3) is 0.898. The highest BCUT2D eigenvalue weighted by Gasteiger charge is 2.24. The topological polar surface area (TPSA) is 95.9 Å². The lowest BCUT2D eigenvalue weighted by Gasteiger charge is -2.24. The first kappa shape index (κ1) is 63.3. The largest absolute Gasteiger partial charge is 0.462 e. The highest BCUT2D eigenvalue weighted by Crippen LogP contribution is 2.18. The first-order valence-corrected chi connectivity index (χ1v) is 29.1. The van der Waals surface area contributed by atoms with E-state index in [-0.39, 0.29) is 24.9 Å². The lowest BCUT2D eigenvalue weighted by atomic mass is 10.0. The summed E-state index contributed by atoms with van der Waals surface area (Å²) in [6, 6.07) is -0.707. The van der Waals surface area contributed by atoms with Gasteiger partial charge in [0, 0.05) is 6.42 Å². The molecule has 0 aliphatic heterocycles. The number of amides is 1. The lowest BCUT2D eigenvalue weighted by molar-refractivity contribution is -0.151. The van der Waals surface area contributed by atoms with E-state index in [0.717, 1.165) is 51.4 Å². The molecule has 3 N–H and O–H groups in total. The van der Waals surface area contributed by atoms with Crippen molar-refractivity contribution >= 4 is 11.9 Å². The van der Waals surface area contributed by atoms with Gasteiger partial charge in [0.15, 0.2) is 0 Å². The van der Waals surface area contributed by atoms with Crippen molar-refractivity contribution in [3.05, 3.63) is 24.3 Å². The van der Waals surface area contributed by atoms with Crippen LogP contribution in [0.15, 0.2) is 24.3 Å². The number of aliphatic hydroxyl groups excluding tert-OH is 2. The van der Waals surface area contributed by atoms with E-state index < -0.39 is 18.2 Å². The van der Waals surface area contributed by atoms with Crippen LogP contribution in [0, 0.1) is 0 Å². The zero-order valence-corrected chi connectivity index (χ0v) is 43.9. The Kier molecular flexibility index (Phi) is 51.9. The van der Waals surface area contributed by atoms with E-state index in [2.05, 4.69) is 50.4 Å². The summed E-state index contributed by atoms with van der Waals surface area (Å²) in [5, 5.41) is 23.9. The number of allylic oxidation sites excluding steroid dienone is 4. The number of rotatable bonds is 53. The predicted molar refractivity (Wildman–Crippen MR) is 283 cm³/mol. The molecule has 0 fully saturated rings. The Hall–Kier alpha value is -1.66. The van der Waals surface area contributed by atoms with Gasteiger partial charge in [0.2, 0.25) is 5.91 Å². The summed E-state index contributed by atoms with van der Waals surface area (Å²) in [6.45, 7) is 6.50. The number of hydrogen-bond acceptors (Lipinski definition) is 5. The van der Waals surface area contributed by atoms with Gasteiger partial charge in [0.1, 0.15) is 6.10 Å². The van der Waals surface area contributed by atoms with Crippen molar-refractivity contribution in [3.8, 4) is 0 Å². The maximum absolute atomic E-state index is 13.2.